The van der Waals surface area contributed by atoms with Crippen LogP contribution in [0.5, 0.6) is 0 Å². The summed E-state index contributed by atoms with van der Waals surface area (Å²) < 4.78 is 0. The van der Waals surface area contributed by atoms with Gasteiger partial charge in [-0.25, -0.2) is 9.97 Å². The molecule has 1 aromatic rings. The molecule has 2 fully saturated rings. The minimum absolute atomic E-state index is 0.0679. The lowest BCUT2D eigenvalue weighted by Gasteiger charge is -2.36. The van der Waals surface area contributed by atoms with E-state index in [2.05, 4.69) is 28.7 Å². The number of aryl methyl sites for hydroxylation is 1. The Balaban J connectivity index is 1.84. The fourth-order valence-electron chi connectivity index (χ4n) is 4.07. The average molecular weight is 330 g/mol. The summed E-state index contributed by atoms with van der Waals surface area (Å²) in [4.78, 5) is 26.3. The molecule has 2 aliphatic heterocycles. The summed E-state index contributed by atoms with van der Waals surface area (Å²) in [5, 5.41) is 0. The van der Waals surface area contributed by atoms with Crippen LogP contribution in [0.25, 0.3) is 0 Å². The summed E-state index contributed by atoms with van der Waals surface area (Å²) in [5.41, 5.74) is 0.562. The Kier molecular flexibility index (Phi) is 5.36. The highest BCUT2D eigenvalue weighted by Gasteiger charge is 2.26. The molecule has 0 aromatic carbocycles. The molecule has 5 nitrogen and oxygen atoms in total. The van der Waals surface area contributed by atoms with Crippen molar-refractivity contribution in [3.8, 4) is 0 Å². The molecule has 0 spiro atoms. The van der Waals surface area contributed by atoms with E-state index in [1.54, 1.807) is 0 Å². The normalized spacial score (nSPS) is 25.0. The van der Waals surface area contributed by atoms with E-state index in [1.165, 1.54) is 25.7 Å². The predicted octanol–water partition coefficient (Wildman–Crippen LogP) is 3.43. The van der Waals surface area contributed by atoms with Gasteiger partial charge in [0.2, 0.25) is 0 Å². The van der Waals surface area contributed by atoms with Gasteiger partial charge in [-0.05, 0) is 51.4 Å². The number of piperidine rings is 2. The first-order valence-electron chi connectivity index (χ1n) is 9.50. The van der Waals surface area contributed by atoms with E-state index in [1.807, 2.05) is 17.9 Å². The first-order valence-corrected chi connectivity index (χ1v) is 9.50. The van der Waals surface area contributed by atoms with E-state index in [9.17, 15) is 4.79 Å². The minimum atomic E-state index is 0.0679. The van der Waals surface area contributed by atoms with Crippen molar-refractivity contribution in [2.45, 2.75) is 65.3 Å². The first-order chi connectivity index (χ1) is 11.6. The Hall–Kier alpha value is -1.65. The summed E-state index contributed by atoms with van der Waals surface area (Å²) in [6.45, 7) is 9.07. The van der Waals surface area contributed by atoms with Crippen LogP contribution in [0.4, 0.5) is 5.82 Å². The zero-order valence-corrected chi connectivity index (χ0v) is 15.3. The van der Waals surface area contributed by atoms with Crippen molar-refractivity contribution < 1.29 is 4.79 Å². The van der Waals surface area contributed by atoms with Gasteiger partial charge in [-0.3, -0.25) is 4.79 Å². The number of amides is 1. The van der Waals surface area contributed by atoms with Crippen LogP contribution < -0.4 is 4.90 Å². The van der Waals surface area contributed by atoms with E-state index >= 15 is 0 Å². The maximum Gasteiger partial charge on any atom is 0.272 e. The third-order valence-electron chi connectivity index (χ3n) is 5.38. The summed E-state index contributed by atoms with van der Waals surface area (Å²) in [7, 11) is 0. The van der Waals surface area contributed by atoms with Gasteiger partial charge in [-0.15, -0.1) is 0 Å². The van der Waals surface area contributed by atoms with Crippen LogP contribution in [-0.2, 0) is 0 Å². The lowest BCUT2D eigenvalue weighted by molar-refractivity contribution is 0.0676. The van der Waals surface area contributed by atoms with E-state index in [4.69, 9.17) is 0 Å². The van der Waals surface area contributed by atoms with Crippen LogP contribution >= 0.6 is 0 Å². The number of carbonyl (C=O) groups excluding carboxylic acids is 1. The maximum absolute atomic E-state index is 12.9. The molecule has 24 heavy (non-hydrogen) atoms. The van der Waals surface area contributed by atoms with Crippen molar-refractivity contribution in [2.75, 3.05) is 24.5 Å². The minimum Gasteiger partial charge on any atom is -0.354 e. The van der Waals surface area contributed by atoms with Gasteiger partial charge in [-0.1, -0.05) is 13.8 Å². The quantitative estimate of drug-likeness (QED) is 0.852. The van der Waals surface area contributed by atoms with Gasteiger partial charge in [-0.2, -0.15) is 0 Å². The highest BCUT2D eigenvalue weighted by atomic mass is 16.2. The number of carbonyl (C=O) groups is 1. The van der Waals surface area contributed by atoms with Crippen molar-refractivity contribution >= 4 is 11.7 Å². The molecule has 0 bridgehead atoms. The molecule has 1 aromatic heterocycles. The number of nitrogens with zero attached hydrogens (tertiary/aromatic N) is 4. The first kappa shape index (κ1) is 17.2. The maximum atomic E-state index is 12.9. The monoisotopic (exact) mass is 330 g/mol. The average Bonchev–Trinajstić information content (AvgIpc) is 2.60. The molecular weight excluding hydrogens is 300 g/mol. The third-order valence-corrected chi connectivity index (χ3v) is 5.38. The van der Waals surface area contributed by atoms with Gasteiger partial charge in [0.25, 0.3) is 5.91 Å². The smallest absolute Gasteiger partial charge is 0.272 e. The fraction of sp³-hybridized carbons (Fsp3) is 0.737. The molecule has 0 N–H and O–H groups in total. The Labute approximate surface area is 145 Å². The standard InChI is InChI=1S/C19H30N4O/c1-4-16-9-5-6-11-23(16)18-12-17(20-15(3)21-18)19(24)22-10-7-8-14(2)13-22/h12,14,16H,4-11,13H2,1-3H3. The Morgan fingerprint density at radius 2 is 2.04 bits per heavy atom. The van der Waals surface area contributed by atoms with Crippen molar-refractivity contribution in [3.05, 3.63) is 17.6 Å². The molecule has 3 rings (SSSR count). The van der Waals surface area contributed by atoms with Crippen molar-refractivity contribution in [1.29, 1.82) is 0 Å². The van der Waals surface area contributed by atoms with Gasteiger partial charge in [0.1, 0.15) is 17.3 Å². The molecule has 2 unspecified atom stereocenters. The Bertz CT molecular complexity index is 589. The zero-order chi connectivity index (χ0) is 17.1. The van der Waals surface area contributed by atoms with Crippen molar-refractivity contribution in [2.24, 2.45) is 5.92 Å². The molecule has 2 atom stereocenters. The molecule has 2 aliphatic rings. The lowest BCUT2D eigenvalue weighted by Crippen LogP contribution is -2.41. The number of anilines is 1. The second kappa shape index (κ2) is 7.49. The number of hydrogen-bond donors (Lipinski definition) is 0. The van der Waals surface area contributed by atoms with Crippen LogP contribution in [0.15, 0.2) is 6.07 Å². The van der Waals surface area contributed by atoms with Crippen LogP contribution in [0.2, 0.25) is 0 Å². The van der Waals surface area contributed by atoms with Gasteiger partial charge in [0, 0.05) is 31.7 Å². The van der Waals surface area contributed by atoms with E-state index < -0.39 is 0 Å². The van der Waals surface area contributed by atoms with Crippen LogP contribution in [0, 0.1) is 12.8 Å². The van der Waals surface area contributed by atoms with E-state index in [0.29, 0.717) is 23.5 Å². The number of hydrogen-bond acceptors (Lipinski definition) is 4. The van der Waals surface area contributed by atoms with E-state index in [-0.39, 0.29) is 5.91 Å². The van der Waals surface area contributed by atoms with Crippen LogP contribution in [0.3, 0.4) is 0 Å². The topological polar surface area (TPSA) is 49.3 Å². The molecule has 5 heteroatoms. The highest BCUT2D eigenvalue weighted by molar-refractivity contribution is 5.93. The van der Waals surface area contributed by atoms with Crippen molar-refractivity contribution in [3.63, 3.8) is 0 Å². The van der Waals surface area contributed by atoms with Gasteiger partial charge >= 0.3 is 0 Å². The molecule has 132 valence electrons. The predicted molar refractivity (Wildman–Crippen MR) is 96.3 cm³/mol. The molecule has 1 amide bonds. The van der Waals surface area contributed by atoms with Crippen molar-refractivity contribution in [1.82, 2.24) is 14.9 Å². The highest BCUT2D eigenvalue weighted by Crippen LogP contribution is 2.26. The molecule has 0 radical (unpaired) electrons. The molecule has 2 saturated heterocycles. The SMILES string of the molecule is CCC1CCCCN1c1cc(C(=O)N2CCCC(C)C2)nc(C)n1. The van der Waals surface area contributed by atoms with Gasteiger partial charge in [0.05, 0.1) is 0 Å². The van der Waals surface area contributed by atoms with Crippen LogP contribution in [0.1, 0.15) is 68.7 Å². The lowest BCUT2D eigenvalue weighted by atomic mass is 9.99. The summed E-state index contributed by atoms with van der Waals surface area (Å²) in [6.07, 6.45) is 7.13. The number of likely N-dealkylation sites (tertiary alicyclic amines) is 1. The summed E-state index contributed by atoms with van der Waals surface area (Å²) in [5.74, 6) is 2.28. The summed E-state index contributed by atoms with van der Waals surface area (Å²) >= 11 is 0. The molecular formula is C19H30N4O. The molecule has 0 saturated carbocycles. The Morgan fingerprint density at radius 3 is 2.79 bits per heavy atom. The molecule has 3 heterocycles. The number of aromatic nitrogens is 2. The van der Waals surface area contributed by atoms with Gasteiger partial charge in [0.15, 0.2) is 0 Å². The van der Waals surface area contributed by atoms with Gasteiger partial charge < -0.3 is 9.80 Å². The molecule has 0 aliphatic carbocycles. The summed E-state index contributed by atoms with van der Waals surface area (Å²) in [6, 6.07) is 2.45. The fourth-order valence-corrected chi connectivity index (χ4v) is 4.07. The Morgan fingerprint density at radius 1 is 1.21 bits per heavy atom. The van der Waals surface area contributed by atoms with E-state index in [0.717, 1.165) is 38.3 Å². The zero-order valence-electron chi connectivity index (χ0n) is 15.3. The largest absolute Gasteiger partial charge is 0.354 e. The second-order valence-corrected chi connectivity index (χ2v) is 7.41. The third kappa shape index (κ3) is 3.70. The number of rotatable bonds is 3. The van der Waals surface area contributed by atoms with Crippen LogP contribution in [-0.4, -0.2) is 46.5 Å². The second-order valence-electron chi connectivity index (χ2n) is 7.41.